The van der Waals surface area contributed by atoms with Crippen molar-refractivity contribution < 1.29 is 22.7 Å². The first-order valence-corrected chi connectivity index (χ1v) is 10.8. The quantitative estimate of drug-likeness (QED) is 0.400. The molecule has 1 aromatic carbocycles. The van der Waals surface area contributed by atoms with E-state index in [4.69, 9.17) is 11.6 Å². The fraction of sp³-hybridized carbons (Fsp3) is 0.389. The number of imidazole rings is 1. The van der Waals surface area contributed by atoms with Crippen molar-refractivity contribution in [2.75, 3.05) is 13.7 Å². The van der Waals surface area contributed by atoms with E-state index in [0.29, 0.717) is 24.4 Å². The standard InChI is InChI=1S/C18H23ClN4O5S/c1-28-17(24)4-2-3-9-21-18(25)16(12-23-11-10-20-13-23)22-29(26,27)15-7-5-14(19)6-8-15/h5-8,10-11,13,16,22H,2-4,9,12H2,1H3,(H,21,25)/t16-/m0/s1. The summed E-state index contributed by atoms with van der Waals surface area (Å²) in [6.07, 6.45) is 6.03. The number of carbonyl (C=O) groups is 2. The van der Waals surface area contributed by atoms with Crippen LogP contribution >= 0.6 is 11.6 Å². The summed E-state index contributed by atoms with van der Waals surface area (Å²) < 4.78 is 33.9. The Hall–Kier alpha value is -2.43. The Morgan fingerprint density at radius 1 is 1.24 bits per heavy atom. The molecule has 0 unspecified atom stereocenters. The highest BCUT2D eigenvalue weighted by Gasteiger charge is 2.26. The van der Waals surface area contributed by atoms with Crippen LogP contribution in [0.2, 0.25) is 5.02 Å². The molecule has 2 aromatic rings. The van der Waals surface area contributed by atoms with Crippen LogP contribution in [0.4, 0.5) is 0 Å². The molecule has 0 fully saturated rings. The Morgan fingerprint density at radius 3 is 2.59 bits per heavy atom. The Bertz CT molecular complexity index is 901. The predicted octanol–water partition coefficient (Wildman–Crippen LogP) is 1.34. The number of nitrogens with zero attached hydrogens (tertiary/aromatic N) is 2. The summed E-state index contributed by atoms with van der Waals surface area (Å²) >= 11 is 5.81. The molecule has 0 aliphatic carbocycles. The van der Waals surface area contributed by atoms with Crippen molar-refractivity contribution >= 4 is 33.5 Å². The van der Waals surface area contributed by atoms with E-state index in [-0.39, 0.29) is 23.8 Å². The van der Waals surface area contributed by atoms with Crippen molar-refractivity contribution in [1.82, 2.24) is 19.6 Å². The van der Waals surface area contributed by atoms with Gasteiger partial charge in [0.25, 0.3) is 0 Å². The molecule has 0 aliphatic rings. The summed E-state index contributed by atoms with van der Waals surface area (Å²) in [5.41, 5.74) is 0. The van der Waals surface area contributed by atoms with Gasteiger partial charge in [-0.2, -0.15) is 4.72 Å². The molecule has 0 bridgehead atoms. The molecule has 0 saturated carbocycles. The molecule has 2 N–H and O–H groups in total. The maximum absolute atomic E-state index is 12.7. The van der Waals surface area contributed by atoms with E-state index in [1.54, 1.807) is 10.8 Å². The maximum atomic E-state index is 12.7. The summed E-state index contributed by atoms with van der Waals surface area (Å²) in [7, 11) is -2.62. The number of sulfonamides is 1. The normalized spacial score (nSPS) is 12.3. The molecule has 1 amide bonds. The van der Waals surface area contributed by atoms with Gasteiger partial charge in [0.15, 0.2) is 0 Å². The number of benzene rings is 1. The number of esters is 1. The van der Waals surface area contributed by atoms with Crippen molar-refractivity contribution in [2.24, 2.45) is 0 Å². The molecule has 2 rings (SSSR count). The minimum absolute atomic E-state index is 0.00316. The predicted molar refractivity (Wildman–Crippen MR) is 107 cm³/mol. The lowest BCUT2D eigenvalue weighted by atomic mass is 10.2. The van der Waals surface area contributed by atoms with E-state index >= 15 is 0 Å². The number of hydrogen-bond acceptors (Lipinski definition) is 6. The van der Waals surface area contributed by atoms with Crippen LogP contribution in [0.1, 0.15) is 19.3 Å². The molecule has 0 saturated heterocycles. The van der Waals surface area contributed by atoms with E-state index < -0.39 is 22.0 Å². The van der Waals surface area contributed by atoms with Crippen LogP contribution in [0.15, 0.2) is 47.9 Å². The number of aromatic nitrogens is 2. The third-order valence-electron chi connectivity index (χ3n) is 4.03. The number of carbonyl (C=O) groups excluding carboxylic acids is 2. The van der Waals surface area contributed by atoms with E-state index in [9.17, 15) is 18.0 Å². The van der Waals surface area contributed by atoms with E-state index in [0.717, 1.165) is 0 Å². The summed E-state index contributed by atoms with van der Waals surface area (Å²) in [4.78, 5) is 27.6. The van der Waals surface area contributed by atoms with Crippen molar-refractivity contribution in [2.45, 2.75) is 36.7 Å². The minimum Gasteiger partial charge on any atom is -0.469 e. The van der Waals surface area contributed by atoms with E-state index in [1.807, 2.05) is 0 Å². The first-order valence-electron chi connectivity index (χ1n) is 8.90. The van der Waals surface area contributed by atoms with Gasteiger partial charge >= 0.3 is 5.97 Å². The van der Waals surface area contributed by atoms with Crippen LogP contribution in [0, 0.1) is 0 Å². The van der Waals surface area contributed by atoms with Crippen LogP contribution in [-0.4, -0.2) is 49.5 Å². The van der Waals surface area contributed by atoms with Gasteiger partial charge < -0.3 is 14.6 Å². The van der Waals surface area contributed by atoms with Crippen LogP contribution in [0.3, 0.4) is 0 Å². The Kier molecular flexibility index (Phi) is 8.62. The number of unbranched alkanes of at least 4 members (excludes halogenated alkanes) is 1. The molecular weight excluding hydrogens is 420 g/mol. The number of rotatable bonds is 11. The molecule has 158 valence electrons. The average molecular weight is 443 g/mol. The number of methoxy groups -OCH3 is 1. The number of ether oxygens (including phenoxy) is 1. The number of amides is 1. The van der Waals surface area contributed by atoms with Crippen LogP contribution in [-0.2, 0) is 30.9 Å². The minimum atomic E-state index is -3.94. The third kappa shape index (κ3) is 7.48. The third-order valence-corrected chi connectivity index (χ3v) is 5.76. The summed E-state index contributed by atoms with van der Waals surface area (Å²) in [5, 5.41) is 3.10. The second kappa shape index (κ2) is 10.9. The Labute approximate surface area is 174 Å². The van der Waals surface area contributed by atoms with Gasteiger partial charge in [-0.1, -0.05) is 11.6 Å². The molecule has 0 spiro atoms. The van der Waals surface area contributed by atoms with Crippen molar-refractivity contribution in [3.63, 3.8) is 0 Å². The molecule has 9 nitrogen and oxygen atoms in total. The summed E-state index contributed by atoms with van der Waals surface area (Å²) in [6, 6.07) is 4.60. The van der Waals surface area contributed by atoms with Gasteiger partial charge in [0.1, 0.15) is 6.04 Å². The molecule has 0 radical (unpaired) electrons. The van der Waals surface area contributed by atoms with Crippen molar-refractivity contribution in [3.05, 3.63) is 48.0 Å². The van der Waals surface area contributed by atoms with E-state index in [2.05, 4.69) is 19.8 Å². The van der Waals surface area contributed by atoms with Crippen LogP contribution in [0.25, 0.3) is 0 Å². The zero-order valence-electron chi connectivity index (χ0n) is 15.9. The lowest BCUT2D eigenvalue weighted by Crippen LogP contribution is -2.49. The van der Waals surface area contributed by atoms with Gasteiger partial charge in [0, 0.05) is 36.9 Å². The Balaban J connectivity index is 2.01. The maximum Gasteiger partial charge on any atom is 0.305 e. The van der Waals surface area contributed by atoms with Crippen LogP contribution < -0.4 is 10.0 Å². The highest BCUT2D eigenvalue weighted by molar-refractivity contribution is 7.89. The van der Waals surface area contributed by atoms with Crippen molar-refractivity contribution in [3.8, 4) is 0 Å². The molecule has 1 atom stereocenters. The first-order chi connectivity index (χ1) is 13.8. The lowest BCUT2D eigenvalue weighted by Gasteiger charge is -2.19. The fourth-order valence-electron chi connectivity index (χ4n) is 2.48. The molecule has 11 heteroatoms. The highest BCUT2D eigenvalue weighted by Crippen LogP contribution is 2.14. The number of hydrogen-bond donors (Lipinski definition) is 2. The zero-order chi connectivity index (χ0) is 21.3. The molecule has 0 aliphatic heterocycles. The van der Waals surface area contributed by atoms with E-state index in [1.165, 1.54) is 43.9 Å². The Morgan fingerprint density at radius 2 is 1.97 bits per heavy atom. The largest absolute Gasteiger partial charge is 0.469 e. The van der Waals surface area contributed by atoms with Gasteiger partial charge in [-0.3, -0.25) is 9.59 Å². The lowest BCUT2D eigenvalue weighted by molar-refractivity contribution is -0.140. The first kappa shape index (κ1) is 22.9. The van der Waals surface area contributed by atoms with Gasteiger partial charge in [-0.25, -0.2) is 13.4 Å². The number of nitrogens with one attached hydrogen (secondary N) is 2. The second-order valence-corrected chi connectivity index (χ2v) is 8.36. The topological polar surface area (TPSA) is 119 Å². The van der Waals surface area contributed by atoms with Gasteiger partial charge in [0.2, 0.25) is 15.9 Å². The summed E-state index contributed by atoms with van der Waals surface area (Å²) in [5.74, 6) is -0.792. The molecule has 29 heavy (non-hydrogen) atoms. The highest BCUT2D eigenvalue weighted by atomic mass is 35.5. The fourth-order valence-corrected chi connectivity index (χ4v) is 3.79. The van der Waals surface area contributed by atoms with Gasteiger partial charge in [-0.15, -0.1) is 0 Å². The SMILES string of the molecule is COC(=O)CCCCNC(=O)[C@H](Cn1ccnc1)NS(=O)(=O)c1ccc(Cl)cc1. The molecule has 1 heterocycles. The molecular formula is C18H23ClN4O5S. The zero-order valence-corrected chi connectivity index (χ0v) is 17.4. The smallest absolute Gasteiger partial charge is 0.305 e. The number of halogens is 1. The van der Waals surface area contributed by atoms with Gasteiger partial charge in [0.05, 0.1) is 18.3 Å². The molecule has 1 aromatic heterocycles. The monoisotopic (exact) mass is 442 g/mol. The summed E-state index contributed by atoms with van der Waals surface area (Å²) in [6.45, 7) is 0.375. The second-order valence-electron chi connectivity index (χ2n) is 6.21. The van der Waals surface area contributed by atoms with Crippen molar-refractivity contribution in [1.29, 1.82) is 0 Å². The average Bonchev–Trinajstić information content (AvgIpc) is 3.20. The van der Waals surface area contributed by atoms with Crippen LogP contribution in [0.5, 0.6) is 0 Å². The van der Waals surface area contributed by atoms with Gasteiger partial charge in [-0.05, 0) is 37.1 Å².